The molecule has 1 fully saturated rings. The lowest BCUT2D eigenvalue weighted by molar-refractivity contribution is -0.116. The molecule has 1 N–H and O–H groups in total. The van der Waals surface area contributed by atoms with Crippen molar-refractivity contribution < 1.29 is 4.79 Å². The van der Waals surface area contributed by atoms with Crippen molar-refractivity contribution in [2.75, 3.05) is 23.3 Å². The summed E-state index contributed by atoms with van der Waals surface area (Å²) in [6, 6.07) is 15.6. The van der Waals surface area contributed by atoms with Gasteiger partial charge in [0.1, 0.15) is 0 Å². The molecule has 1 saturated heterocycles. The van der Waals surface area contributed by atoms with E-state index >= 15 is 0 Å². The Bertz CT molecular complexity index is 1050. The quantitative estimate of drug-likeness (QED) is 0.694. The number of nitrogens with zero attached hydrogens (tertiary/aromatic N) is 3. The molecule has 4 rings (SSSR count). The van der Waals surface area contributed by atoms with Gasteiger partial charge in [-0.15, -0.1) is 0 Å². The number of benzene rings is 2. The summed E-state index contributed by atoms with van der Waals surface area (Å²) in [6.07, 6.45) is 8.41. The number of carbonyl (C=O) groups is 1. The van der Waals surface area contributed by atoms with Crippen LogP contribution in [0.15, 0.2) is 54.9 Å². The third kappa shape index (κ3) is 4.38. The lowest BCUT2D eigenvalue weighted by atomic mass is 10.0. The Labute approximate surface area is 171 Å². The number of hydrogen-bond acceptors (Lipinski definition) is 4. The predicted molar refractivity (Wildman–Crippen MR) is 116 cm³/mol. The maximum Gasteiger partial charge on any atom is 0.224 e. The van der Waals surface area contributed by atoms with E-state index in [4.69, 9.17) is 5.26 Å². The molecule has 0 saturated carbocycles. The molecule has 5 heteroatoms. The van der Waals surface area contributed by atoms with E-state index in [-0.39, 0.29) is 5.91 Å². The average Bonchev–Trinajstić information content (AvgIpc) is 2.79. The second kappa shape index (κ2) is 8.74. The first-order valence-corrected chi connectivity index (χ1v) is 10.2. The van der Waals surface area contributed by atoms with E-state index in [1.165, 1.54) is 24.9 Å². The first kappa shape index (κ1) is 18.9. The molecule has 1 aliphatic heterocycles. The molecule has 1 amide bonds. The Morgan fingerprint density at radius 1 is 1.03 bits per heavy atom. The van der Waals surface area contributed by atoms with Gasteiger partial charge in [-0.25, -0.2) is 0 Å². The molecule has 0 unspecified atom stereocenters. The van der Waals surface area contributed by atoms with E-state index in [0.717, 1.165) is 35.1 Å². The van der Waals surface area contributed by atoms with Crippen molar-refractivity contribution in [3.63, 3.8) is 0 Å². The number of nitriles is 1. The molecule has 0 spiro atoms. The number of hydrogen-bond donors (Lipinski definition) is 1. The molecule has 29 heavy (non-hydrogen) atoms. The molecule has 146 valence electrons. The van der Waals surface area contributed by atoms with Crippen LogP contribution in [0, 0.1) is 11.3 Å². The summed E-state index contributed by atoms with van der Waals surface area (Å²) >= 11 is 0. The summed E-state index contributed by atoms with van der Waals surface area (Å²) in [4.78, 5) is 19.3. The van der Waals surface area contributed by atoms with Crippen molar-refractivity contribution in [1.82, 2.24) is 4.98 Å². The normalized spacial score (nSPS) is 13.8. The highest BCUT2D eigenvalue weighted by Crippen LogP contribution is 2.33. The Morgan fingerprint density at radius 3 is 2.59 bits per heavy atom. The third-order valence-electron chi connectivity index (χ3n) is 5.49. The van der Waals surface area contributed by atoms with Gasteiger partial charge >= 0.3 is 0 Å². The molecular formula is C24H24N4O. The van der Waals surface area contributed by atoms with E-state index in [2.05, 4.69) is 27.3 Å². The van der Waals surface area contributed by atoms with Crippen molar-refractivity contribution in [3.8, 4) is 6.07 Å². The molecular weight excluding hydrogens is 360 g/mol. The van der Waals surface area contributed by atoms with Crippen LogP contribution in [-0.4, -0.2) is 24.0 Å². The maximum atomic E-state index is 12.5. The molecule has 2 heterocycles. The molecule has 1 aromatic heterocycles. The van der Waals surface area contributed by atoms with E-state index in [9.17, 15) is 4.79 Å². The van der Waals surface area contributed by atoms with Crippen LogP contribution in [0.4, 0.5) is 11.4 Å². The first-order chi connectivity index (χ1) is 14.2. The fourth-order valence-corrected chi connectivity index (χ4v) is 3.91. The molecule has 5 nitrogen and oxygen atoms in total. The number of fused-ring (bicyclic) bond motifs is 1. The smallest absolute Gasteiger partial charge is 0.224 e. The second-order valence-corrected chi connectivity index (χ2v) is 7.46. The van der Waals surface area contributed by atoms with Gasteiger partial charge in [0.05, 0.1) is 17.3 Å². The van der Waals surface area contributed by atoms with Gasteiger partial charge in [-0.2, -0.15) is 5.26 Å². The number of nitrogens with one attached hydrogen (secondary N) is 1. The van der Waals surface area contributed by atoms with Gasteiger partial charge in [0.2, 0.25) is 5.91 Å². The fourth-order valence-electron chi connectivity index (χ4n) is 3.91. The van der Waals surface area contributed by atoms with E-state index < -0.39 is 0 Å². The van der Waals surface area contributed by atoms with E-state index in [0.29, 0.717) is 18.4 Å². The Balaban J connectivity index is 1.48. The summed E-state index contributed by atoms with van der Waals surface area (Å²) in [5, 5.41) is 14.0. The third-order valence-corrected chi connectivity index (χ3v) is 5.49. The van der Waals surface area contributed by atoms with Gasteiger partial charge in [0, 0.05) is 48.4 Å². The van der Waals surface area contributed by atoms with Gasteiger partial charge in [0.25, 0.3) is 0 Å². The number of rotatable bonds is 5. The van der Waals surface area contributed by atoms with Crippen molar-refractivity contribution in [1.29, 1.82) is 5.26 Å². The lowest BCUT2D eigenvalue weighted by Crippen LogP contribution is -2.29. The van der Waals surface area contributed by atoms with Crippen molar-refractivity contribution in [2.45, 2.75) is 32.1 Å². The van der Waals surface area contributed by atoms with Crippen LogP contribution in [0.2, 0.25) is 0 Å². The first-order valence-electron chi connectivity index (χ1n) is 10.2. The summed E-state index contributed by atoms with van der Waals surface area (Å²) in [7, 11) is 0. The number of piperidine rings is 1. The highest BCUT2D eigenvalue weighted by Gasteiger charge is 2.16. The number of anilines is 2. The molecule has 0 bridgehead atoms. The Hall–Kier alpha value is -3.39. The van der Waals surface area contributed by atoms with Gasteiger partial charge in [-0.05, 0) is 61.6 Å². The van der Waals surface area contributed by atoms with Crippen molar-refractivity contribution in [2.24, 2.45) is 0 Å². The van der Waals surface area contributed by atoms with Gasteiger partial charge in [-0.1, -0.05) is 12.1 Å². The van der Waals surface area contributed by atoms with Crippen LogP contribution >= 0.6 is 0 Å². The second-order valence-electron chi connectivity index (χ2n) is 7.46. The van der Waals surface area contributed by atoms with Crippen LogP contribution in [0.25, 0.3) is 10.8 Å². The van der Waals surface area contributed by atoms with Crippen molar-refractivity contribution >= 4 is 28.1 Å². The minimum absolute atomic E-state index is 0.0229. The zero-order valence-electron chi connectivity index (χ0n) is 16.4. The molecule has 0 radical (unpaired) electrons. The number of amides is 1. The van der Waals surface area contributed by atoms with Crippen LogP contribution in [0.1, 0.15) is 36.8 Å². The van der Waals surface area contributed by atoms with E-state index in [1.807, 2.05) is 36.7 Å². The standard InChI is InChI=1S/C24H24N4O/c25-16-19-6-4-18(5-7-19)8-11-24(29)27-22-9-10-23(28-14-2-1-3-15-28)20-12-13-26-17-21(20)22/h4-7,9-10,12-13,17H,1-3,8,11,14-15H2,(H,27,29). The van der Waals surface area contributed by atoms with Crippen LogP contribution < -0.4 is 10.2 Å². The molecule has 2 aromatic carbocycles. The minimum Gasteiger partial charge on any atom is -0.371 e. The van der Waals surface area contributed by atoms with Crippen LogP contribution in [-0.2, 0) is 11.2 Å². The zero-order chi connectivity index (χ0) is 20.1. The number of pyridine rings is 1. The molecule has 3 aromatic rings. The Kier molecular flexibility index (Phi) is 5.71. The SMILES string of the molecule is N#Cc1ccc(CCC(=O)Nc2ccc(N3CCCCC3)c3ccncc23)cc1. The fraction of sp³-hybridized carbons (Fsp3) is 0.292. The van der Waals surface area contributed by atoms with Crippen LogP contribution in [0.5, 0.6) is 0 Å². The lowest BCUT2D eigenvalue weighted by Gasteiger charge is -2.30. The number of aryl methyl sites for hydroxylation is 1. The zero-order valence-corrected chi connectivity index (χ0v) is 16.4. The number of aromatic nitrogens is 1. The topological polar surface area (TPSA) is 69.0 Å². The minimum atomic E-state index is -0.0229. The highest BCUT2D eigenvalue weighted by atomic mass is 16.1. The molecule has 0 atom stereocenters. The molecule has 0 aliphatic carbocycles. The van der Waals surface area contributed by atoms with Gasteiger partial charge < -0.3 is 10.2 Å². The van der Waals surface area contributed by atoms with Gasteiger partial charge in [-0.3, -0.25) is 9.78 Å². The monoisotopic (exact) mass is 384 g/mol. The summed E-state index contributed by atoms with van der Waals surface area (Å²) < 4.78 is 0. The number of carbonyl (C=O) groups excluding carboxylic acids is 1. The summed E-state index contributed by atoms with van der Waals surface area (Å²) in [5.41, 5.74) is 3.70. The largest absolute Gasteiger partial charge is 0.371 e. The predicted octanol–water partition coefficient (Wildman–Crippen LogP) is 4.67. The Morgan fingerprint density at radius 2 is 1.83 bits per heavy atom. The highest BCUT2D eigenvalue weighted by molar-refractivity contribution is 6.06. The average molecular weight is 384 g/mol. The summed E-state index contributed by atoms with van der Waals surface area (Å²) in [5.74, 6) is -0.0229. The van der Waals surface area contributed by atoms with Crippen LogP contribution in [0.3, 0.4) is 0 Å². The molecule has 1 aliphatic rings. The summed E-state index contributed by atoms with van der Waals surface area (Å²) in [6.45, 7) is 2.15. The van der Waals surface area contributed by atoms with Crippen molar-refractivity contribution in [3.05, 3.63) is 66.0 Å². The van der Waals surface area contributed by atoms with E-state index in [1.54, 1.807) is 12.1 Å². The van der Waals surface area contributed by atoms with Gasteiger partial charge in [0.15, 0.2) is 0 Å². The maximum absolute atomic E-state index is 12.5.